The molecule has 26 heavy (non-hydrogen) atoms. The summed E-state index contributed by atoms with van der Waals surface area (Å²) in [4.78, 5) is 23.2. The molecule has 0 aliphatic carbocycles. The highest BCUT2D eigenvalue weighted by Crippen LogP contribution is 2.27. The number of hydrogen-bond donors (Lipinski definition) is 1. The van der Waals surface area contributed by atoms with Crippen molar-refractivity contribution >= 4 is 11.9 Å². The van der Waals surface area contributed by atoms with Crippen molar-refractivity contribution in [2.75, 3.05) is 0 Å². The minimum Gasteiger partial charge on any atom is -0.478 e. The van der Waals surface area contributed by atoms with Crippen LogP contribution in [0.3, 0.4) is 0 Å². The fraction of sp³-hybridized carbons (Fsp3) is 0.818. The Balaban J connectivity index is 3.93. The Morgan fingerprint density at radius 2 is 1.27 bits per heavy atom. The molecule has 0 spiro atoms. The lowest BCUT2D eigenvalue weighted by Crippen LogP contribution is -2.43. The number of carbonyl (C=O) groups is 2. The van der Waals surface area contributed by atoms with Gasteiger partial charge < -0.3 is 9.84 Å². The fourth-order valence-corrected chi connectivity index (χ4v) is 3.37. The van der Waals surface area contributed by atoms with Crippen LogP contribution in [0.1, 0.15) is 110 Å². The van der Waals surface area contributed by atoms with Crippen LogP contribution in [0.2, 0.25) is 0 Å². The van der Waals surface area contributed by atoms with E-state index in [9.17, 15) is 14.7 Å². The van der Waals surface area contributed by atoms with Gasteiger partial charge in [-0.3, -0.25) is 0 Å². The van der Waals surface area contributed by atoms with Crippen molar-refractivity contribution in [1.29, 1.82) is 0 Å². The molecule has 152 valence electrons. The van der Waals surface area contributed by atoms with Crippen molar-refractivity contribution in [2.24, 2.45) is 0 Å². The number of aliphatic carboxylic acids is 1. The molecule has 0 radical (unpaired) electrons. The van der Waals surface area contributed by atoms with E-state index in [-0.39, 0.29) is 0 Å². The minimum atomic E-state index is -1.39. The second-order valence-corrected chi connectivity index (χ2v) is 7.31. The third-order valence-corrected chi connectivity index (χ3v) is 4.94. The summed E-state index contributed by atoms with van der Waals surface area (Å²) < 4.78 is 5.23. The quantitative estimate of drug-likeness (QED) is 0.172. The summed E-state index contributed by atoms with van der Waals surface area (Å²) in [6, 6.07) is 0. The van der Waals surface area contributed by atoms with Crippen molar-refractivity contribution < 1.29 is 19.4 Å². The molecular weight excluding hydrogens is 328 g/mol. The number of ether oxygens (including phenoxy) is 1. The molecule has 1 N–H and O–H groups in total. The molecule has 0 aromatic heterocycles. The first-order chi connectivity index (χ1) is 12.5. The summed E-state index contributed by atoms with van der Waals surface area (Å²) in [6.07, 6.45) is 17.2. The molecule has 0 saturated heterocycles. The molecule has 1 atom stereocenters. The van der Waals surface area contributed by atoms with Crippen LogP contribution in [0, 0.1) is 0 Å². The Morgan fingerprint density at radius 1 is 0.808 bits per heavy atom. The maximum absolute atomic E-state index is 11.7. The summed E-state index contributed by atoms with van der Waals surface area (Å²) in [5.41, 5.74) is -1.39. The molecule has 0 aliphatic rings. The van der Waals surface area contributed by atoms with E-state index in [4.69, 9.17) is 4.74 Å². The zero-order valence-corrected chi connectivity index (χ0v) is 17.1. The highest BCUT2D eigenvalue weighted by molar-refractivity contribution is 5.86. The van der Waals surface area contributed by atoms with E-state index in [1.54, 1.807) is 0 Å². The predicted octanol–water partition coefficient (Wildman–Crippen LogP) is 6.43. The van der Waals surface area contributed by atoms with Gasteiger partial charge in [0.1, 0.15) is 0 Å². The number of carbonyl (C=O) groups excluding carboxylic acids is 1. The summed E-state index contributed by atoms with van der Waals surface area (Å²) in [6.45, 7) is 7.51. The van der Waals surface area contributed by atoms with Crippen LogP contribution in [0.25, 0.3) is 0 Å². The third kappa shape index (κ3) is 11.3. The number of carboxylic acids is 1. The molecule has 1 unspecified atom stereocenters. The molecule has 0 bridgehead atoms. The molecule has 4 nitrogen and oxygen atoms in total. The van der Waals surface area contributed by atoms with Gasteiger partial charge in [-0.25, -0.2) is 9.59 Å². The summed E-state index contributed by atoms with van der Waals surface area (Å²) in [5, 5.41) is 9.56. The Bertz CT molecular complexity index is 392. The summed E-state index contributed by atoms with van der Waals surface area (Å²) >= 11 is 0. The van der Waals surface area contributed by atoms with Gasteiger partial charge in [0.2, 0.25) is 5.60 Å². The van der Waals surface area contributed by atoms with Gasteiger partial charge in [-0.1, -0.05) is 97.5 Å². The Morgan fingerprint density at radius 3 is 1.65 bits per heavy atom. The Labute approximate surface area is 160 Å². The van der Waals surface area contributed by atoms with E-state index in [0.717, 1.165) is 25.3 Å². The van der Waals surface area contributed by atoms with E-state index in [1.807, 2.05) is 6.92 Å². The van der Waals surface area contributed by atoms with E-state index >= 15 is 0 Å². The molecule has 0 aliphatic heterocycles. The average Bonchev–Trinajstić information content (AvgIpc) is 2.62. The number of hydrogen-bond acceptors (Lipinski definition) is 3. The van der Waals surface area contributed by atoms with Crippen molar-refractivity contribution in [3.63, 3.8) is 0 Å². The molecule has 0 aromatic carbocycles. The van der Waals surface area contributed by atoms with Crippen LogP contribution in [-0.4, -0.2) is 22.6 Å². The summed E-state index contributed by atoms with van der Waals surface area (Å²) in [5.74, 6) is -1.70. The van der Waals surface area contributed by atoms with Crippen LogP contribution < -0.4 is 0 Å². The number of carboxylic acid groups (broad SMARTS) is 1. The average molecular weight is 369 g/mol. The van der Waals surface area contributed by atoms with Crippen LogP contribution in [-0.2, 0) is 14.3 Å². The number of unbranched alkanes of at least 4 members (excludes halogenated alkanes) is 11. The van der Waals surface area contributed by atoms with E-state index in [2.05, 4.69) is 13.5 Å². The van der Waals surface area contributed by atoms with Gasteiger partial charge in [-0.2, -0.15) is 0 Å². The fourth-order valence-electron chi connectivity index (χ4n) is 3.37. The monoisotopic (exact) mass is 368 g/mol. The van der Waals surface area contributed by atoms with Gasteiger partial charge in [0.25, 0.3) is 0 Å². The second-order valence-electron chi connectivity index (χ2n) is 7.31. The highest BCUT2D eigenvalue weighted by atomic mass is 16.6. The van der Waals surface area contributed by atoms with Gasteiger partial charge >= 0.3 is 11.9 Å². The van der Waals surface area contributed by atoms with Crippen LogP contribution in [0.5, 0.6) is 0 Å². The van der Waals surface area contributed by atoms with Gasteiger partial charge in [0, 0.05) is 6.08 Å². The smallest absolute Gasteiger partial charge is 0.348 e. The van der Waals surface area contributed by atoms with Crippen molar-refractivity contribution in [1.82, 2.24) is 0 Å². The van der Waals surface area contributed by atoms with Crippen LogP contribution in [0.4, 0.5) is 0 Å². The van der Waals surface area contributed by atoms with Crippen LogP contribution in [0.15, 0.2) is 12.7 Å². The Kier molecular flexibility index (Phi) is 15.1. The second kappa shape index (κ2) is 15.9. The molecule has 0 aromatic rings. The molecule has 0 rings (SSSR count). The number of esters is 1. The normalized spacial score (nSPS) is 13.2. The molecular formula is C22H40O4. The van der Waals surface area contributed by atoms with Crippen molar-refractivity contribution in [2.45, 2.75) is 116 Å². The van der Waals surface area contributed by atoms with Crippen molar-refractivity contribution in [3.8, 4) is 0 Å². The van der Waals surface area contributed by atoms with Gasteiger partial charge in [-0.05, 0) is 19.3 Å². The largest absolute Gasteiger partial charge is 0.478 e. The van der Waals surface area contributed by atoms with Gasteiger partial charge in [0.15, 0.2) is 0 Å². The maximum atomic E-state index is 11.7. The Hall–Kier alpha value is -1.32. The molecule has 0 amide bonds. The first-order valence-corrected chi connectivity index (χ1v) is 10.6. The van der Waals surface area contributed by atoms with E-state index in [0.29, 0.717) is 19.3 Å². The maximum Gasteiger partial charge on any atom is 0.348 e. The van der Waals surface area contributed by atoms with Gasteiger partial charge in [-0.15, -0.1) is 0 Å². The van der Waals surface area contributed by atoms with Gasteiger partial charge in [0.05, 0.1) is 0 Å². The zero-order valence-electron chi connectivity index (χ0n) is 17.1. The zero-order chi connectivity index (χ0) is 19.7. The lowest BCUT2D eigenvalue weighted by atomic mass is 9.90. The standard InChI is InChI=1S/C22H40O4/c1-4-7-8-9-10-11-12-13-14-15-16-17-19-22(18-5-2,21(24)25)26-20(23)6-3/h6H,3-5,7-19H2,1-2H3,(H,24,25). The molecule has 0 saturated carbocycles. The van der Waals surface area contributed by atoms with Crippen LogP contribution >= 0.6 is 0 Å². The van der Waals surface area contributed by atoms with E-state index < -0.39 is 17.5 Å². The molecule has 0 fully saturated rings. The van der Waals surface area contributed by atoms with Crippen molar-refractivity contribution in [3.05, 3.63) is 12.7 Å². The topological polar surface area (TPSA) is 63.6 Å². The lowest BCUT2D eigenvalue weighted by molar-refractivity contribution is -0.177. The lowest BCUT2D eigenvalue weighted by Gasteiger charge is -2.28. The SMILES string of the molecule is C=CC(=O)OC(CCC)(CCCCCCCCCCCCCC)C(=O)O. The summed E-state index contributed by atoms with van der Waals surface area (Å²) in [7, 11) is 0. The molecule has 4 heteroatoms. The van der Waals surface area contributed by atoms with E-state index in [1.165, 1.54) is 57.8 Å². The first-order valence-electron chi connectivity index (χ1n) is 10.6. The molecule has 0 heterocycles. The first kappa shape index (κ1) is 24.7. The third-order valence-electron chi connectivity index (χ3n) is 4.94. The minimum absolute atomic E-state index is 0.347. The highest BCUT2D eigenvalue weighted by Gasteiger charge is 2.40. The number of rotatable bonds is 18. The predicted molar refractivity (Wildman–Crippen MR) is 107 cm³/mol.